The molecular weight excluding hydrogens is 262 g/mol. The minimum absolute atomic E-state index is 0.123. The molecule has 8 nitrogen and oxygen atoms in total. The third-order valence-electron chi connectivity index (χ3n) is 2.95. The van der Waals surface area contributed by atoms with E-state index >= 15 is 0 Å². The highest BCUT2D eigenvalue weighted by atomic mass is 16.6. The predicted molar refractivity (Wildman–Crippen MR) is 71.8 cm³/mol. The molecule has 0 radical (unpaired) electrons. The quantitative estimate of drug-likeness (QED) is 0.656. The van der Waals surface area contributed by atoms with Crippen molar-refractivity contribution in [2.24, 2.45) is 5.73 Å². The molecule has 0 spiro atoms. The summed E-state index contributed by atoms with van der Waals surface area (Å²) in [4.78, 5) is 10.5. The standard InChI is InChI=1S/C12H15N5O3/c1-3-9(13)10-7-16(15-14-10)8-4-5-12(20-2)11(6-8)17(18)19/h4-7,9H,3,13H2,1-2H3. The van der Waals surface area contributed by atoms with E-state index < -0.39 is 4.92 Å². The molecule has 0 amide bonds. The zero-order chi connectivity index (χ0) is 14.7. The molecule has 2 N–H and O–H groups in total. The number of hydrogen-bond acceptors (Lipinski definition) is 6. The van der Waals surface area contributed by atoms with Gasteiger partial charge in [-0.25, -0.2) is 4.68 Å². The van der Waals surface area contributed by atoms with Crippen LogP contribution in [0.4, 0.5) is 5.69 Å². The minimum atomic E-state index is -0.502. The molecule has 1 atom stereocenters. The number of nitro groups is 1. The molecular formula is C12H15N5O3. The Morgan fingerprint density at radius 1 is 1.55 bits per heavy atom. The zero-order valence-corrected chi connectivity index (χ0v) is 11.2. The number of nitrogens with zero attached hydrogens (tertiary/aromatic N) is 4. The predicted octanol–water partition coefficient (Wildman–Crippen LogP) is 1.59. The Balaban J connectivity index is 2.40. The van der Waals surface area contributed by atoms with Gasteiger partial charge in [0.15, 0.2) is 5.75 Å². The topological polar surface area (TPSA) is 109 Å². The minimum Gasteiger partial charge on any atom is -0.490 e. The maximum Gasteiger partial charge on any atom is 0.313 e. The summed E-state index contributed by atoms with van der Waals surface area (Å²) in [5.41, 5.74) is 6.91. The molecule has 20 heavy (non-hydrogen) atoms. The number of nitro benzene ring substituents is 1. The number of ether oxygens (including phenoxy) is 1. The molecule has 0 saturated heterocycles. The summed E-state index contributed by atoms with van der Waals surface area (Å²) in [5.74, 6) is 0.198. The Morgan fingerprint density at radius 3 is 2.90 bits per heavy atom. The Kier molecular flexibility index (Phi) is 3.94. The molecule has 1 aromatic heterocycles. The van der Waals surface area contributed by atoms with E-state index in [1.54, 1.807) is 12.3 Å². The first-order chi connectivity index (χ1) is 9.56. The largest absolute Gasteiger partial charge is 0.490 e. The molecule has 8 heteroatoms. The van der Waals surface area contributed by atoms with Crippen molar-refractivity contribution in [3.05, 3.63) is 40.2 Å². The summed E-state index contributed by atoms with van der Waals surface area (Å²) in [6.07, 6.45) is 2.40. The van der Waals surface area contributed by atoms with Crippen LogP contribution in [0.5, 0.6) is 5.75 Å². The van der Waals surface area contributed by atoms with Gasteiger partial charge in [0.1, 0.15) is 0 Å². The van der Waals surface area contributed by atoms with Gasteiger partial charge in [-0.05, 0) is 18.6 Å². The van der Waals surface area contributed by atoms with Crippen molar-refractivity contribution < 1.29 is 9.66 Å². The lowest BCUT2D eigenvalue weighted by molar-refractivity contribution is -0.385. The number of benzene rings is 1. The number of hydrogen-bond donors (Lipinski definition) is 1. The van der Waals surface area contributed by atoms with Crippen LogP contribution >= 0.6 is 0 Å². The van der Waals surface area contributed by atoms with E-state index in [1.165, 1.54) is 23.9 Å². The van der Waals surface area contributed by atoms with Gasteiger partial charge < -0.3 is 10.5 Å². The fourth-order valence-corrected chi connectivity index (χ4v) is 1.75. The van der Waals surface area contributed by atoms with Gasteiger partial charge in [-0.2, -0.15) is 0 Å². The average Bonchev–Trinajstić information content (AvgIpc) is 2.95. The molecule has 0 bridgehead atoms. The maximum absolute atomic E-state index is 11.0. The lowest BCUT2D eigenvalue weighted by Gasteiger charge is -2.04. The first kappa shape index (κ1) is 13.9. The van der Waals surface area contributed by atoms with Crippen LogP contribution in [0.2, 0.25) is 0 Å². The lowest BCUT2D eigenvalue weighted by Crippen LogP contribution is -2.08. The van der Waals surface area contributed by atoms with Crippen LogP contribution < -0.4 is 10.5 Å². The Morgan fingerprint density at radius 2 is 2.30 bits per heavy atom. The lowest BCUT2D eigenvalue weighted by atomic mass is 10.2. The van der Waals surface area contributed by atoms with Gasteiger partial charge in [0, 0.05) is 6.07 Å². The molecule has 0 aliphatic carbocycles. The van der Waals surface area contributed by atoms with Crippen LogP contribution in [-0.4, -0.2) is 27.0 Å². The van der Waals surface area contributed by atoms with Gasteiger partial charge >= 0.3 is 5.69 Å². The molecule has 1 aromatic carbocycles. The molecule has 1 heterocycles. The highest BCUT2D eigenvalue weighted by molar-refractivity contribution is 5.53. The molecule has 0 aliphatic heterocycles. The van der Waals surface area contributed by atoms with E-state index in [2.05, 4.69) is 10.3 Å². The molecule has 0 fully saturated rings. The summed E-state index contributed by atoms with van der Waals surface area (Å²) < 4.78 is 6.41. The molecule has 0 saturated carbocycles. The molecule has 2 aromatic rings. The van der Waals surface area contributed by atoms with Crippen molar-refractivity contribution in [1.29, 1.82) is 0 Å². The Hall–Kier alpha value is -2.48. The van der Waals surface area contributed by atoms with E-state index in [-0.39, 0.29) is 17.5 Å². The fraction of sp³-hybridized carbons (Fsp3) is 0.333. The third-order valence-corrected chi connectivity index (χ3v) is 2.95. The number of nitrogens with two attached hydrogens (primary N) is 1. The maximum atomic E-state index is 11.0. The van der Waals surface area contributed by atoms with E-state index in [0.29, 0.717) is 11.4 Å². The highest BCUT2D eigenvalue weighted by Gasteiger charge is 2.17. The van der Waals surface area contributed by atoms with Gasteiger partial charge in [-0.15, -0.1) is 5.10 Å². The van der Waals surface area contributed by atoms with Crippen molar-refractivity contribution in [2.45, 2.75) is 19.4 Å². The number of methoxy groups -OCH3 is 1. The molecule has 2 rings (SSSR count). The van der Waals surface area contributed by atoms with E-state index in [1.807, 2.05) is 6.92 Å². The van der Waals surface area contributed by atoms with Crippen LogP contribution in [0.15, 0.2) is 24.4 Å². The van der Waals surface area contributed by atoms with Crippen LogP contribution in [0.3, 0.4) is 0 Å². The zero-order valence-electron chi connectivity index (χ0n) is 11.2. The summed E-state index contributed by atoms with van der Waals surface area (Å²) in [5, 5.41) is 18.9. The number of aromatic nitrogens is 3. The van der Waals surface area contributed by atoms with E-state index in [4.69, 9.17) is 10.5 Å². The van der Waals surface area contributed by atoms with Crippen molar-refractivity contribution in [1.82, 2.24) is 15.0 Å². The van der Waals surface area contributed by atoms with E-state index in [0.717, 1.165) is 6.42 Å². The van der Waals surface area contributed by atoms with E-state index in [9.17, 15) is 10.1 Å². The van der Waals surface area contributed by atoms with Crippen LogP contribution in [0.1, 0.15) is 25.1 Å². The van der Waals surface area contributed by atoms with Gasteiger partial charge in [-0.3, -0.25) is 10.1 Å². The Labute approximate surface area is 115 Å². The van der Waals surface area contributed by atoms with Gasteiger partial charge in [0.05, 0.1) is 35.7 Å². The summed E-state index contributed by atoms with van der Waals surface area (Å²) >= 11 is 0. The van der Waals surface area contributed by atoms with Crippen molar-refractivity contribution in [3.63, 3.8) is 0 Å². The molecule has 0 aliphatic rings. The first-order valence-corrected chi connectivity index (χ1v) is 6.07. The first-order valence-electron chi connectivity index (χ1n) is 6.07. The average molecular weight is 277 g/mol. The van der Waals surface area contributed by atoms with Crippen molar-refractivity contribution in [2.75, 3.05) is 7.11 Å². The van der Waals surface area contributed by atoms with Crippen molar-refractivity contribution in [3.8, 4) is 11.4 Å². The second kappa shape index (κ2) is 5.66. The summed E-state index contributed by atoms with van der Waals surface area (Å²) in [6, 6.07) is 4.38. The summed E-state index contributed by atoms with van der Waals surface area (Å²) in [7, 11) is 1.38. The fourth-order valence-electron chi connectivity index (χ4n) is 1.75. The Bertz CT molecular complexity index is 625. The second-order valence-electron chi connectivity index (χ2n) is 4.22. The summed E-state index contributed by atoms with van der Waals surface area (Å²) in [6.45, 7) is 1.95. The normalized spacial score (nSPS) is 12.2. The van der Waals surface area contributed by atoms with Crippen molar-refractivity contribution >= 4 is 5.69 Å². The van der Waals surface area contributed by atoms with Crippen LogP contribution in [-0.2, 0) is 0 Å². The van der Waals surface area contributed by atoms with Gasteiger partial charge in [0.25, 0.3) is 0 Å². The van der Waals surface area contributed by atoms with Gasteiger partial charge in [0.2, 0.25) is 0 Å². The third kappa shape index (κ3) is 2.59. The SMILES string of the molecule is CCC(N)c1cn(-c2ccc(OC)c([N+](=O)[O-])c2)nn1. The molecule has 106 valence electrons. The highest BCUT2D eigenvalue weighted by Crippen LogP contribution is 2.28. The monoisotopic (exact) mass is 277 g/mol. The number of rotatable bonds is 5. The van der Waals surface area contributed by atoms with Gasteiger partial charge in [-0.1, -0.05) is 12.1 Å². The van der Waals surface area contributed by atoms with Crippen LogP contribution in [0.25, 0.3) is 5.69 Å². The smallest absolute Gasteiger partial charge is 0.313 e. The second-order valence-corrected chi connectivity index (χ2v) is 4.22. The molecule has 1 unspecified atom stereocenters. The van der Waals surface area contributed by atoms with Crippen LogP contribution in [0, 0.1) is 10.1 Å².